The summed E-state index contributed by atoms with van der Waals surface area (Å²) in [5, 5.41) is 2.88. The predicted octanol–water partition coefficient (Wildman–Crippen LogP) is 4.89. The van der Waals surface area contributed by atoms with E-state index in [2.05, 4.69) is 20.1 Å². The van der Waals surface area contributed by atoms with Crippen LogP contribution in [0.3, 0.4) is 0 Å². The maximum absolute atomic E-state index is 13.2. The van der Waals surface area contributed by atoms with Gasteiger partial charge in [0.15, 0.2) is 0 Å². The molecule has 0 saturated carbocycles. The number of nitrogens with one attached hydrogen (secondary N) is 2. The molecular weight excluding hydrogens is 603 g/mol. The molecule has 2 aliphatic rings. The predicted molar refractivity (Wildman–Crippen MR) is 152 cm³/mol. The molecule has 1 atom stereocenters. The van der Waals surface area contributed by atoms with E-state index in [1.165, 1.54) is 24.3 Å². The summed E-state index contributed by atoms with van der Waals surface area (Å²) in [5.74, 6) is 2.52. The number of rotatable bonds is 8. The lowest BCUT2D eigenvalue weighted by atomic mass is 9.84. The molecule has 220 valence electrons. The molecule has 0 bridgehead atoms. The zero-order chi connectivity index (χ0) is 30.0. The van der Waals surface area contributed by atoms with Crippen molar-refractivity contribution in [1.29, 1.82) is 0 Å². The Labute approximate surface area is 241 Å². The number of hydrogen-bond acceptors (Lipinski definition) is 8. The largest absolute Gasteiger partial charge is 0.523 e. The molecule has 4 rings (SSSR count). The molecule has 0 amide bonds. The number of benzene rings is 2. The monoisotopic (exact) mass is 629 g/mol. The summed E-state index contributed by atoms with van der Waals surface area (Å²) in [5.41, 5.74) is -2.84. The molecule has 9 nitrogen and oxygen atoms in total. The van der Waals surface area contributed by atoms with Crippen molar-refractivity contribution in [3.8, 4) is 12.3 Å². The molecule has 0 saturated heterocycles. The lowest BCUT2D eigenvalue weighted by Crippen LogP contribution is -2.38. The molecule has 15 heteroatoms. The van der Waals surface area contributed by atoms with E-state index in [0.717, 1.165) is 0 Å². The van der Waals surface area contributed by atoms with E-state index < -0.39 is 31.8 Å². The highest BCUT2D eigenvalue weighted by Crippen LogP contribution is 2.43. The van der Waals surface area contributed by atoms with Gasteiger partial charge in [0.1, 0.15) is 6.10 Å². The summed E-state index contributed by atoms with van der Waals surface area (Å²) in [6.45, 7) is 2.16. The van der Waals surface area contributed by atoms with Gasteiger partial charge in [-0.05, 0) is 85.9 Å². The minimum atomic E-state index is -5.84. The quantitative estimate of drug-likeness (QED) is 0.182. The first kappa shape index (κ1) is 30.6. The van der Waals surface area contributed by atoms with E-state index in [9.17, 15) is 30.0 Å². The van der Waals surface area contributed by atoms with E-state index in [4.69, 9.17) is 23.4 Å². The lowest BCUT2D eigenvalue weighted by molar-refractivity contribution is -0.0567. The van der Waals surface area contributed by atoms with E-state index in [1.807, 2.05) is 0 Å². The van der Waals surface area contributed by atoms with E-state index >= 15 is 0 Å². The second kappa shape index (κ2) is 11.9. The van der Waals surface area contributed by atoms with E-state index in [0.29, 0.717) is 47.7 Å². The first-order valence-electron chi connectivity index (χ1n) is 12.4. The standard InChI is InChI=1S/C26H26F3N3O6S3/c1-3-13-32-22-12-11-19(31-40(33,34)20-8-5-7-18(16-20)30-25(39)37-4-2)14-17(22)15-21-23(32)9-6-10-24(21)38-41(35,36)26(27,28)29/h1,5,7-8,11-12,14,16,24,31H,4,6,9-10,13,15H2,2H3,(H,30,39). The van der Waals surface area contributed by atoms with Gasteiger partial charge in [0.25, 0.3) is 15.2 Å². The van der Waals surface area contributed by atoms with Crippen LogP contribution in [0.15, 0.2) is 58.6 Å². The molecule has 2 aromatic carbocycles. The molecule has 1 aliphatic carbocycles. The second-order valence-electron chi connectivity index (χ2n) is 9.14. The molecule has 0 radical (unpaired) electrons. The highest BCUT2D eigenvalue weighted by Gasteiger charge is 2.49. The van der Waals surface area contributed by atoms with Gasteiger partial charge in [0.2, 0.25) is 0 Å². The summed E-state index contributed by atoms with van der Waals surface area (Å²) < 4.78 is 102. The third kappa shape index (κ3) is 6.78. The summed E-state index contributed by atoms with van der Waals surface area (Å²) in [7, 11) is -9.91. The van der Waals surface area contributed by atoms with Crippen LogP contribution in [0.1, 0.15) is 31.7 Å². The van der Waals surface area contributed by atoms with Crippen LogP contribution in [0, 0.1) is 12.3 Å². The normalized spacial score (nSPS) is 17.2. The number of hydrogen-bond donors (Lipinski definition) is 2. The van der Waals surface area contributed by atoms with Crippen LogP contribution >= 0.6 is 12.2 Å². The van der Waals surface area contributed by atoms with Crippen LogP contribution in [0.2, 0.25) is 0 Å². The number of alkyl halides is 3. The van der Waals surface area contributed by atoms with Crippen molar-refractivity contribution in [1.82, 2.24) is 0 Å². The maximum atomic E-state index is 13.2. The smallest absolute Gasteiger partial charge is 0.471 e. The second-order valence-corrected chi connectivity index (χ2v) is 12.8. The van der Waals surface area contributed by atoms with Crippen molar-refractivity contribution < 1.29 is 38.9 Å². The Bertz CT molecular complexity index is 1630. The SMILES string of the molecule is C#CCN1C2=C(Cc3cc(NS(=O)(=O)c4cccc(NC(=S)OCC)c4)ccc31)C(OS(=O)(=O)C(F)(F)F)CCC2. The molecule has 0 aromatic heterocycles. The summed E-state index contributed by atoms with van der Waals surface area (Å²) >= 11 is 5.04. The van der Waals surface area contributed by atoms with Crippen LogP contribution in [-0.4, -0.2) is 46.8 Å². The molecule has 1 unspecified atom stereocenters. The van der Waals surface area contributed by atoms with Crippen LogP contribution in [-0.2, 0) is 35.5 Å². The topological polar surface area (TPSA) is 114 Å². The average Bonchev–Trinajstić information content (AvgIpc) is 2.88. The zero-order valence-electron chi connectivity index (χ0n) is 21.7. The average molecular weight is 630 g/mol. The maximum Gasteiger partial charge on any atom is 0.523 e. The van der Waals surface area contributed by atoms with Crippen LogP contribution in [0.25, 0.3) is 0 Å². The number of nitrogens with zero attached hydrogens (tertiary/aromatic N) is 1. The van der Waals surface area contributed by atoms with Crippen molar-refractivity contribution in [2.75, 3.05) is 28.1 Å². The van der Waals surface area contributed by atoms with Crippen LogP contribution < -0.4 is 14.9 Å². The molecule has 1 heterocycles. The molecule has 0 fully saturated rings. The summed E-state index contributed by atoms with van der Waals surface area (Å²) in [6.07, 6.45) is 5.21. The molecule has 2 aromatic rings. The van der Waals surface area contributed by atoms with Crippen LogP contribution in [0.5, 0.6) is 0 Å². The van der Waals surface area contributed by atoms with Gasteiger partial charge in [-0.3, -0.25) is 8.91 Å². The molecule has 41 heavy (non-hydrogen) atoms. The molecular formula is C26H26F3N3O6S3. The molecule has 1 aliphatic heterocycles. The fraction of sp³-hybridized carbons (Fsp3) is 0.346. The number of sulfonamides is 1. The number of anilines is 3. The highest BCUT2D eigenvalue weighted by molar-refractivity contribution is 7.92. The number of terminal acetylenes is 1. The van der Waals surface area contributed by atoms with E-state index in [-0.39, 0.29) is 35.1 Å². The Morgan fingerprint density at radius 3 is 2.61 bits per heavy atom. The summed E-state index contributed by atoms with van der Waals surface area (Å²) in [6, 6.07) is 10.7. The van der Waals surface area contributed by atoms with Crippen molar-refractivity contribution in [2.45, 2.75) is 49.1 Å². The van der Waals surface area contributed by atoms with Gasteiger partial charge in [-0.25, -0.2) is 8.42 Å². The van der Waals surface area contributed by atoms with Gasteiger partial charge >= 0.3 is 15.6 Å². The first-order chi connectivity index (χ1) is 19.3. The lowest BCUT2D eigenvalue weighted by Gasteiger charge is -2.39. The molecule has 2 N–H and O–H groups in total. The fourth-order valence-electron chi connectivity index (χ4n) is 4.73. The number of thiocarbonyl (C=S) groups is 1. The van der Waals surface area contributed by atoms with E-state index in [1.54, 1.807) is 30.0 Å². The third-order valence-corrected chi connectivity index (χ3v) is 9.06. The Morgan fingerprint density at radius 1 is 1.17 bits per heavy atom. The summed E-state index contributed by atoms with van der Waals surface area (Å²) in [4.78, 5) is 1.66. The minimum Gasteiger partial charge on any atom is -0.471 e. The van der Waals surface area contributed by atoms with Gasteiger partial charge in [-0.1, -0.05) is 12.0 Å². The van der Waals surface area contributed by atoms with Gasteiger partial charge in [0.05, 0.1) is 18.0 Å². The first-order valence-corrected chi connectivity index (χ1v) is 15.7. The van der Waals surface area contributed by atoms with Crippen molar-refractivity contribution >= 4 is 54.6 Å². The highest BCUT2D eigenvalue weighted by atomic mass is 32.2. The van der Waals surface area contributed by atoms with Crippen molar-refractivity contribution in [2.24, 2.45) is 0 Å². The fourth-order valence-corrected chi connectivity index (χ4v) is 6.69. The Kier molecular flexibility index (Phi) is 8.88. The van der Waals surface area contributed by atoms with Gasteiger partial charge < -0.3 is 15.0 Å². The Balaban J connectivity index is 1.63. The Hall–Kier alpha value is -3.32. The van der Waals surface area contributed by atoms with Crippen molar-refractivity contribution in [3.05, 3.63) is 59.3 Å². The van der Waals surface area contributed by atoms with Gasteiger partial charge in [-0.15, -0.1) is 6.42 Å². The molecule has 0 spiro atoms. The third-order valence-electron chi connectivity index (χ3n) is 6.41. The van der Waals surface area contributed by atoms with Gasteiger partial charge in [-0.2, -0.15) is 21.6 Å². The Morgan fingerprint density at radius 2 is 1.93 bits per heavy atom. The van der Waals surface area contributed by atoms with Crippen molar-refractivity contribution in [3.63, 3.8) is 0 Å². The minimum absolute atomic E-state index is 0.0492. The number of halogens is 3. The zero-order valence-corrected chi connectivity index (χ0v) is 24.1. The van der Waals surface area contributed by atoms with Gasteiger partial charge in [0, 0.05) is 29.2 Å². The van der Waals surface area contributed by atoms with Crippen LogP contribution in [0.4, 0.5) is 30.2 Å². The number of allylic oxidation sites excluding steroid dienone is 1. The number of ether oxygens (including phenoxy) is 1. The number of fused-ring (bicyclic) bond motifs is 1.